The van der Waals surface area contributed by atoms with Gasteiger partial charge in [-0.15, -0.1) is 11.3 Å². The summed E-state index contributed by atoms with van der Waals surface area (Å²) in [5.74, 6) is -0.105. The minimum absolute atomic E-state index is 0.105. The van der Waals surface area contributed by atoms with Crippen LogP contribution < -0.4 is 0 Å². The van der Waals surface area contributed by atoms with Crippen molar-refractivity contribution in [2.45, 2.75) is 6.92 Å². The van der Waals surface area contributed by atoms with E-state index in [4.69, 9.17) is 0 Å². The average molecular weight is 286 g/mol. The van der Waals surface area contributed by atoms with Gasteiger partial charge < -0.3 is 0 Å². The number of hydrogen-bond donors (Lipinski definition) is 0. The number of aromatic nitrogens is 3. The second-order valence-corrected chi connectivity index (χ2v) is 4.96. The predicted octanol–water partition coefficient (Wildman–Crippen LogP) is 2.18. The lowest BCUT2D eigenvalue weighted by atomic mass is 10.2. The van der Waals surface area contributed by atoms with E-state index in [1.54, 1.807) is 23.3 Å². The van der Waals surface area contributed by atoms with Gasteiger partial charge in [-0.25, -0.2) is 4.98 Å². The minimum Gasteiger partial charge on any atom is -0.285 e. The van der Waals surface area contributed by atoms with Crippen LogP contribution in [0.4, 0.5) is 0 Å². The first-order valence-electron chi connectivity index (χ1n) is 4.24. The third-order valence-corrected chi connectivity index (χ3v) is 3.31. The van der Waals surface area contributed by atoms with Gasteiger partial charge in [0.25, 0.3) is 0 Å². The smallest absolute Gasteiger partial charge is 0.231 e. The number of ketones is 1. The Morgan fingerprint density at radius 2 is 2.33 bits per heavy atom. The van der Waals surface area contributed by atoms with E-state index in [0.29, 0.717) is 15.9 Å². The van der Waals surface area contributed by atoms with Gasteiger partial charge in [0.05, 0.1) is 15.7 Å². The molecule has 2 heterocycles. The van der Waals surface area contributed by atoms with Crippen molar-refractivity contribution in [3.05, 3.63) is 32.4 Å². The molecule has 0 spiro atoms. The van der Waals surface area contributed by atoms with Crippen LogP contribution in [0.2, 0.25) is 0 Å². The fourth-order valence-electron chi connectivity index (χ4n) is 1.26. The summed E-state index contributed by atoms with van der Waals surface area (Å²) in [5.41, 5.74) is 1.00. The fourth-order valence-corrected chi connectivity index (χ4v) is 2.38. The highest BCUT2D eigenvalue weighted by molar-refractivity contribution is 9.10. The average Bonchev–Trinajstić information content (AvgIpc) is 2.73. The summed E-state index contributed by atoms with van der Waals surface area (Å²) in [7, 11) is 1.73. The Labute approximate surface area is 99.1 Å². The highest BCUT2D eigenvalue weighted by atomic mass is 79.9. The molecule has 78 valence electrons. The Bertz CT molecular complexity index is 498. The molecular weight excluding hydrogens is 278 g/mol. The van der Waals surface area contributed by atoms with E-state index in [1.165, 1.54) is 11.3 Å². The van der Waals surface area contributed by atoms with Gasteiger partial charge in [-0.05, 0) is 22.9 Å². The monoisotopic (exact) mass is 285 g/mol. The topological polar surface area (TPSA) is 47.8 Å². The molecule has 0 aliphatic rings. The van der Waals surface area contributed by atoms with Crippen molar-refractivity contribution < 1.29 is 4.79 Å². The first-order chi connectivity index (χ1) is 7.09. The molecule has 0 aliphatic heterocycles. The van der Waals surface area contributed by atoms with Crippen LogP contribution in [0.1, 0.15) is 21.2 Å². The quantitative estimate of drug-likeness (QED) is 0.795. The molecule has 0 atom stereocenters. The van der Waals surface area contributed by atoms with Gasteiger partial charge >= 0.3 is 0 Å². The molecule has 0 N–H and O–H groups in total. The van der Waals surface area contributed by atoms with Gasteiger partial charge in [-0.3, -0.25) is 9.48 Å². The SMILES string of the molecule is Cc1nc(C(=O)c2c(Br)cnn2C)cs1. The van der Waals surface area contributed by atoms with Crippen LogP contribution in [0.3, 0.4) is 0 Å². The summed E-state index contributed by atoms with van der Waals surface area (Å²) in [5, 5.41) is 6.64. The molecule has 0 radical (unpaired) electrons. The van der Waals surface area contributed by atoms with E-state index in [2.05, 4.69) is 26.0 Å². The zero-order valence-corrected chi connectivity index (χ0v) is 10.6. The van der Waals surface area contributed by atoms with Crippen molar-refractivity contribution in [2.75, 3.05) is 0 Å². The summed E-state index contributed by atoms with van der Waals surface area (Å²) < 4.78 is 2.24. The molecule has 2 aromatic heterocycles. The summed E-state index contributed by atoms with van der Waals surface area (Å²) >= 11 is 4.76. The second-order valence-electron chi connectivity index (χ2n) is 3.05. The lowest BCUT2D eigenvalue weighted by Gasteiger charge is -1.98. The lowest BCUT2D eigenvalue weighted by molar-refractivity contribution is 0.102. The van der Waals surface area contributed by atoms with Gasteiger partial charge in [0.15, 0.2) is 0 Å². The van der Waals surface area contributed by atoms with E-state index in [0.717, 1.165) is 5.01 Å². The molecule has 0 saturated heterocycles. The van der Waals surface area contributed by atoms with Crippen LogP contribution in [-0.2, 0) is 7.05 Å². The molecule has 4 nitrogen and oxygen atoms in total. The lowest BCUT2D eigenvalue weighted by Crippen LogP contribution is -2.09. The number of carbonyl (C=O) groups excluding carboxylic acids is 1. The number of hydrogen-bond acceptors (Lipinski definition) is 4. The van der Waals surface area contributed by atoms with Crippen molar-refractivity contribution in [2.24, 2.45) is 7.05 Å². The van der Waals surface area contributed by atoms with Gasteiger partial charge in [0, 0.05) is 12.4 Å². The summed E-state index contributed by atoms with van der Waals surface area (Å²) in [6.45, 7) is 1.87. The van der Waals surface area contributed by atoms with E-state index in [9.17, 15) is 4.79 Å². The van der Waals surface area contributed by atoms with Gasteiger partial charge in [0.1, 0.15) is 11.4 Å². The molecule has 0 fully saturated rings. The largest absolute Gasteiger partial charge is 0.285 e. The van der Waals surface area contributed by atoms with Crippen LogP contribution in [0, 0.1) is 6.92 Å². The molecule has 0 saturated carbocycles. The Kier molecular flexibility index (Phi) is 2.70. The summed E-state index contributed by atoms with van der Waals surface area (Å²) in [4.78, 5) is 16.2. The van der Waals surface area contributed by atoms with Crippen LogP contribution in [0.25, 0.3) is 0 Å². The van der Waals surface area contributed by atoms with E-state index >= 15 is 0 Å². The molecular formula is C9H8BrN3OS. The third kappa shape index (κ3) is 1.87. The molecule has 2 aromatic rings. The standard InChI is InChI=1S/C9H8BrN3OS/c1-5-12-7(4-15-5)9(14)8-6(10)3-11-13(8)2/h3-4H,1-2H3. The normalized spacial score (nSPS) is 10.6. The highest BCUT2D eigenvalue weighted by Crippen LogP contribution is 2.19. The zero-order valence-electron chi connectivity index (χ0n) is 8.19. The second kappa shape index (κ2) is 3.86. The van der Waals surface area contributed by atoms with Crippen molar-refractivity contribution in [1.82, 2.24) is 14.8 Å². The number of carbonyl (C=O) groups is 1. The van der Waals surface area contributed by atoms with Gasteiger partial charge in [-0.1, -0.05) is 0 Å². The molecule has 0 unspecified atom stereocenters. The molecule has 6 heteroatoms. The molecule has 0 bridgehead atoms. The molecule has 0 aromatic carbocycles. The molecule has 0 amide bonds. The van der Waals surface area contributed by atoms with Crippen molar-refractivity contribution >= 4 is 33.0 Å². The van der Waals surface area contributed by atoms with Crippen molar-refractivity contribution in [3.8, 4) is 0 Å². The van der Waals surface area contributed by atoms with Crippen LogP contribution >= 0.6 is 27.3 Å². The van der Waals surface area contributed by atoms with E-state index in [1.807, 2.05) is 6.92 Å². The Hall–Kier alpha value is -1.01. The molecule has 0 aliphatic carbocycles. The van der Waals surface area contributed by atoms with Crippen LogP contribution in [0.5, 0.6) is 0 Å². The van der Waals surface area contributed by atoms with Gasteiger partial charge in [-0.2, -0.15) is 5.10 Å². The number of halogens is 1. The predicted molar refractivity (Wildman–Crippen MR) is 61.2 cm³/mol. The molecule has 2 rings (SSSR count). The fraction of sp³-hybridized carbons (Fsp3) is 0.222. The maximum atomic E-state index is 12.0. The number of thiazole rings is 1. The van der Waals surface area contributed by atoms with Crippen LogP contribution in [-0.4, -0.2) is 20.5 Å². The van der Waals surface area contributed by atoms with Crippen molar-refractivity contribution in [3.63, 3.8) is 0 Å². The maximum absolute atomic E-state index is 12.0. The highest BCUT2D eigenvalue weighted by Gasteiger charge is 2.19. The van der Waals surface area contributed by atoms with E-state index < -0.39 is 0 Å². The maximum Gasteiger partial charge on any atom is 0.231 e. The number of rotatable bonds is 2. The summed E-state index contributed by atoms with van der Waals surface area (Å²) in [6.07, 6.45) is 1.60. The Morgan fingerprint density at radius 3 is 2.80 bits per heavy atom. The third-order valence-electron chi connectivity index (χ3n) is 1.96. The van der Waals surface area contributed by atoms with E-state index in [-0.39, 0.29) is 5.78 Å². The number of aryl methyl sites for hydroxylation is 2. The summed E-state index contributed by atoms with van der Waals surface area (Å²) in [6, 6.07) is 0. The minimum atomic E-state index is -0.105. The first-order valence-corrected chi connectivity index (χ1v) is 5.91. The van der Waals surface area contributed by atoms with Crippen molar-refractivity contribution in [1.29, 1.82) is 0 Å². The first kappa shape index (κ1) is 10.5. The Morgan fingerprint density at radius 1 is 1.60 bits per heavy atom. The Balaban J connectivity index is 2.45. The zero-order chi connectivity index (χ0) is 11.0. The molecule has 15 heavy (non-hydrogen) atoms. The van der Waals surface area contributed by atoms with Crippen LogP contribution in [0.15, 0.2) is 16.0 Å². The number of nitrogens with zero attached hydrogens (tertiary/aromatic N) is 3. The van der Waals surface area contributed by atoms with Gasteiger partial charge in [0.2, 0.25) is 5.78 Å².